The normalized spacial score (nSPS) is 18.4. The van der Waals surface area contributed by atoms with Crippen LogP contribution in [-0.4, -0.2) is 33.5 Å². The van der Waals surface area contributed by atoms with E-state index >= 15 is 0 Å². The summed E-state index contributed by atoms with van der Waals surface area (Å²) in [5, 5.41) is 1.57. The number of hydrazine groups is 1. The predicted molar refractivity (Wildman–Crippen MR) is 54.7 cm³/mol. The van der Waals surface area contributed by atoms with Gasteiger partial charge in [-0.1, -0.05) is 6.58 Å². The molecule has 0 N–H and O–H groups in total. The Kier molecular flexibility index (Phi) is 2.77. The third-order valence-corrected chi connectivity index (χ3v) is 2.26. The van der Waals surface area contributed by atoms with Gasteiger partial charge in [0, 0.05) is 13.8 Å². The summed E-state index contributed by atoms with van der Waals surface area (Å²) in [6.07, 6.45) is -0.777. The standard InChI is InChI=1S/C10H14N2O4/c1-6-10(4,5)16-9(15)11(6)12(7(2)13)8(3)14/h1H2,2-5H3. The van der Waals surface area contributed by atoms with Crippen LogP contribution in [0.1, 0.15) is 27.7 Å². The van der Waals surface area contributed by atoms with Gasteiger partial charge in [0.05, 0.1) is 5.70 Å². The van der Waals surface area contributed by atoms with E-state index in [2.05, 4.69) is 6.58 Å². The van der Waals surface area contributed by atoms with Crippen molar-refractivity contribution in [1.82, 2.24) is 10.0 Å². The van der Waals surface area contributed by atoms with Crippen LogP contribution in [0.5, 0.6) is 0 Å². The fourth-order valence-corrected chi connectivity index (χ4v) is 1.39. The van der Waals surface area contributed by atoms with Gasteiger partial charge in [0.1, 0.15) is 5.60 Å². The van der Waals surface area contributed by atoms with Gasteiger partial charge in [0.15, 0.2) is 0 Å². The van der Waals surface area contributed by atoms with Gasteiger partial charge in [-0.05, 0) is 13.8 Å². The number of hydrogen-bond donors (Lipinski definition) is 0. The third-order valence-electron chi connectivity index (χ3n) is 2.26. The average Bonchev–Trinajstić information content (AvgIpc) is 2.26. The summed E-state index contributed by atoms with van der Waals surface area (Å²) >= 11 is 0. The van der Waals surface area contributed by atoms with Crippen molar-refractivity contribution in [2.45, 2.75) is 33.3 Å². The number of imide groups is 1. The molecule has 0 radical (unpaired) electrons. The van der Waals surface area contributed by atoms with Gasteiger partial charge in [0.2, 0.25) is 11.8 Å². The molecule has 6 heteroatoms. The first-order valence-corrected chi connectivity index (χ1v) is 4.72. The molecule has 1 aliphatic heterocycles. The van der Waals surface area contributed by atoms with Gasteiger partial charge < -0.3 is 4.74 Å². The largest absolute Gasteiger partial charge is 0.435 e. The van der Waals surface area contributed by atoms with E-state index in [1.54, 1.807) is 13.8 Å². The van der Waals surface area contributed by atoms with E-state index in [-0.39, 0.29) is 5.70 Å². The van der Waals surface area contributed by atoms with Crippen molar-refractivity contribution < 1.29 is 19.1 Å². The van der Waals surface area contributed by atoms with Crippen LogP contribution >= 0.6 is 0 Å². The molecule has 0 aliphatic carbocycles. The number of rotatable bonds is 1. The van der Waals surface area contributed by atoms with Gasteiger partial charge in [-0.2, -0.15) is 10.0 Å². The summed E-state index contributed by atoms with van der Waals surface area (Å²) < 4.78 is 5.00. The second kappa shape index (κ2) is 3.62. The summed E-state index contributed by atoms with van der Waals surface area (Å²) in [7, 11) is 0. The molecule has 1 saturated heterocycles. The first-order chi connectivity index (χ1) is 7.18. The first-order valence-electron chi connectivity index (χ1n) is 4.72. The lowest BCUT2D eigenvalue weighted by Gasteiger charge is -2.27. The fourth-order valence-electron chi connectivity index (χ4n) is 1.39. The molecule has 3 amide bonds. The Balaban J connectivity index is 3.13. The first kappa shape index (κ1) is 12.2. The zero-order valence-electron chi connectivity index (χ0n) is 9.73. The van der Waals surface area contributed by atoms with Crippen LogP contribution in [0.15, 0.2) is 12.3 Å². The Hall–Kier alpha value is -1.85. The Morgan fingerprint density at radius 3 is 2.00 bits per heavy atom. The van der Waals surface area contributed by atoms with Crippen molar-refractivity contribution in [2.75, 3.05) is 0 Å². The highest BCUT2D eigenvalue weighted by Crippen LogP contribution is 2.32. The van der Waals surface area contributed by atoms with Crippen LogP contribution in [-0.2, 0) is 14.3 Å². The van der Waals surface area contributed by atoms with Crippen LogP contribution in [0.4, 0.5) is 4.79 Å². The lowest BCUT2D eigenvalue weighted by atomic mass is 10.1. The second-order valence-electron chi connectivity index (χ2n) is 3.99. The maximum atomic E-state index is 11.5. The fraction of sp³-hybridized carbons (Fsp3) is 0.500. The molecule has 6 nitrogen and oxygen atoms in total. The molecule has 0 aromatic rings. The van der Waals surface area contributed by atoms with Crippen LogP contribution in [0.2, 0.25) is 0 Å². The molecule has 0 unspecified atom stereocenters. The second-order valence-corrected chi connectivity index (χ2v) is 3.99. The minimum atomic E-state index is -0.916. The molecule has 0 aromatic heterocycles. The lowest BCUT2D eigenvalue weighted by molar-refractivity contribution is -0.154. The van der Waals surface area contributed by atoms with Crippen molar-refractivity contribution in [2.24, 2.45) is 0 Å². The van der Waals surface area contributed by atoms with Crippen LogP contribution in [0, 0.1) is 0 Å². The van der Waals surface area contributed by atoms with E-state index in [0.29, 0.717) is 5.01 Å². The Morgan fingerprint density at radius 2 is 1.75 bits per heavy atom. The summed E-state index contributed by atoms with van der Waals surface area (Å²) in [6, 6.07) is 0. The number of carbonyl (C=O) groups excluding carboxylic acids is 3. The van der Waals surface area contributed by atoms with E-state index in [9.17, 15) is 14.4 Å². The van der Waals surface area contributed by atoms with Gasteiger partial charge in [-0.25, -0.2) is 4.79 Å². The molecule has 0 saturated carbocycles. The maximum absolute atomic E-state index is 11.5. The monoisotopic (exact) mass is 226 g/mol. The SMILES string of the molecule is C=C1N(N(C(C)=O)C(C)=O)C(=O)OC1(C)C. The van der Waals surface area contributed by atoms with Crippen molar-refractivity contribution in [3.63, 3.8) is 0 Å². The molecule has 1 aliphatic rings. The number of ether oxygens (including phenoxy) is 1. The van der Waals surface area contributed by atoms with Gasteiger partial charge >= 0.3 is 6.09 Å². The van der Waals surface area contributed by atoms with E-state index < -0.39 is 23.5 Å². The molecule has 0 aromatic carbocycles. The number of nitrogens with zero attached hydrogens (tertiary/aromatic N) is 2. The number of carbonyl (C=O) groups is 3. The number of cyclic esters (lactones) is 1. The van der Waals surface area contributed by atoms with E-state index in [1.807, 2.05) is 0 Å². The highest BCUT2D eigenvalue weighted by molar-refractivity contribution is 5.95. The van der Waals surface area contributed by atoms with E-state index in [1.165, 1.54) is 13.8 Å². The van der Waals surface area contributed by atoms with Crippen LogP contribution in [0.3, 0.4) is 0 Å². The summed E-state index contributed by atoms with van der Waals surface area (Å²) in [6.45, 7) is 9.30. The smallest absolute Gasteiger partial charge is 0.434 e. The Labute approximate surface area is 93.4 Å². The zero-order valence-corrected chi connectivity index (χ0v) is 9.73. The average molecular weight is 226 g/mol. The van der Waals surface area contributed by atoms with Crippen LogP contribution in [0.25, 0.3) is 0 Å². The molecule has 1 heterocycles. The minimum Gasteiger partial charge on any atom is -0.435 e. The van der Waals surface area contributed by atoms with Gasteiger partial charge in [0.25, 0.3) is 0 Å². The van der Waals surface area contributed by atoms with Gasteiger partial charge in [-0.3, -0.25) is 9.59 Å². The van der Waals surface area contributed by atoms with Gasteiger partial charge in [-0.15, -0.1) is 0 Å². The Bertz CT molecular complexity index is 372. The highest BCUT2D eigenvalue weighted by Gasteiger charge is 2.46. The molecular weight excluding hydrogens is 212 g/mol. The molecule has 1 fully saturated rings. The molecule has 16 heavy (non-hydrogen) atoms. The molecule has 0 spiro atoms. The van der Waals surface area contributed by atoms with E-state index in [4.69, 9.17) is 4.74 Å². The van der Waals surface area contributed by atoms with Crippen molar-refractivity contribution in [3.05, 3.63) is 12.3 Å². The third kappa shape index (κ3) is 1.78. The predicted octanol–water partition coefficient (Wildman–Crippen LogP) is 1.04. The van der Waals surface area contributed by atoms with E-state index in [0.717, 1.165) is 5.01 Å². The summed E-state index contributed by atoms with van der Waals surface area (Å²) in [5.41, 5.74) is -0.664. The molecular formula is C10H14N2O4. The van der Waals surface area contributed by atoms with Crippen LogP contribution < -0.4 is 0 Å². The maximum Gasteiger partial charge on any atom is 0.434 e. The quantitative estimate of drug-likeness (QED) is 0.670. The molecule has 1 rings (SSSR count). The number of hydrogen-bond acceptors (Lipinski definition) is 4. The Morgan fingerprint density at radius 1 is 1.31 bits per heavy atom. The summed E-state index contributed by atoms with van der Waals surface area (Å²) in [5.74, 6) is -1.13. The number of amides is 3. The topological polar surface area (TPSA) is 66.9 Å². The minimum absolute atomic E-state index is 0.253. The highest BCUT2D eigenvalue weighted by atomic mass is 16.6. The molecule has 88 valence electrons. The molecule has 0 bridgehead atoms. The summed E-state index contributed by atoms with van der Waals surface area (Å²) in [4.78, 5) is 34.1. The van der Waals surface area contributed by atoms with Crippen molar-refractivity contribution in [3.8, 4) is 0 Å². The lowest BCUT2D eigenvalue weighted by Crippen LogP contribution is -2.48. The zero-order chi connectivity index (χ0) is 12.7. The van der Waals surface area contributed by atoms with Crippen molar-refractivity contribution in [1.29, 1.82) is 0 Å². The molecule has 0 atom stereocenters. The van der Waals surface area contributed by atoms with Crippen molar-refractivity contribution >= 4 is 17.9 Å².